The van der Waals surface area contributed by atoms with E-state index in [0.717, 1.165) is 17.6 Å². The number of benzene rings is 1. The fourth-order valence-corrected chi connectivity index (χ4v) is 2.21. The lowest BCUT2D eigenvalue weighted by Crippen LogP contribution is -2.06. The highest BCUT2D eigenvalue weighted by atomic mass is 79.9. The second-order valence-electron chi connectivity index (χ2n) is 3.66. The van der Waals surface area contributed by atoms with Crippen molar-refractivity contribution >= 4 is 15.9 Å². The zero-order chi connectivity index (χ0) is 11.4. The molecule has 2 rings (SSSR count). The molecule has 5 heteroatoms. The zero-order valence-corrected chi connectivity index (χ0v) is 10.6. The lowest BCUT2D eigenvalue weighted by atomic mass is 9.98. The minimum absolute atomic E-state index is 0.394. The first-order valence-corrected chi connectivity index (χ1v) is 6.25. The molecule has 1 aromatic carbocycles. The van der Waals surface area contributed by atoms with E-state index in [0.29, 0.717) is 5.92 Å². The third kappa shape index (κ3) is 2.66. The van der Waals surface area contributed by atoms with Gasteiger partial charge in [0.25, 0.3) is 0 Å². The van der Waals surface area contributed by atoms with E-state index in [-0.39, 0.29) is 0 Å². The Morgan fingerprint density at radius 3 is 2.62 bits per heavy atom. The molecule has 0 aliphatic carbocycles. The van der Waals surface area contributed by atoms with E-state index in [4.69, 9.17) is 0 Å². The average molecular weight is 281 g/mol. The Balaban J connectivity index is 2.12. The van der Waals surface area contributed by atoms with Gasteiger partial charge in [0.05, 0.1) is 7.05 Å². The summed E-state index contributed by atoms with van der Waals surface area (Å²) in [7, 11) is 1.78. The molecule has 0 amide bonds. The summed E-state index contributed by atoms with van der Waals surface area (Å²) in [5.41, 5.74) is 1.30. The van der Waals surface area contributed by atoms with Crippen molar-refractivity contribution in [3.8, 4) is 0 Å². The van der Waals surface area contributed by atoms with E-state index >= 15 is 0 Å². The highest BCUT2D eigenvalue weighted by molar-refractivity contribution is 9.09. The van der Waals surface area contributed by atoms with Crippen LogP contribution in [-0.2, 0) is 13.5 Å². The molecule has 2 aromatic rings. The van der Waals surface area contributed by atoms with E-state index in [1.165, 1.54) is 10.4 Å². The Kier molecular flexibility index (Phi) is 3.66. The van der Waals surface area contributed by atoms with Crippen LogP contribution in [0, 0.1) is 0 Å². The van der Waals surface area contributed by atoms with Crippen LogP contribution in [0.4, 0.5) is 0 Å². The van der Waals surface area contributed by atoms with Crippen LogP contribution in [0.1, 0.15) is 17.3 Å². The van der Waals surface area contributed by atoms with Crippen LogP contribution in [0.15, 0.2) is 30.3 Å². The molecule has 1 heterocycles. The summed E-state index contributed by atoms with van der Waals surface area (Å²) >= 11 is 3.53. The highest BCUT2D eigenvalue weighted by Gasteiger charge is 2.13. The minimum atomic E-state index is 0.394. The second-order valence-corrected chi connectivity index (χ2v) is 4.31. The van der Waals surface area contributed by atoms with Gasteiger partial charge in [-0.1, -0.05) is 46.3 Å². The average Bonchev–Trinajstić information content (AvgIpc) is 2.73. The SMILES string of the molecule is Cn1nnc(CC(CBr)c2ccccc2)n1. The highest BCUT2D eigenvalue weighted by Crippen LogP contribution is 2.21. The summed E-state index contributed by atoms with van der Waals surface area (Å²) in [4.78, 5) is 1.49. The quantitative estimate of drug-likeness (QED) is 0.804. The summed E-state index contributed by atoms with van der Waals surface area (Å²) < 4.78 is 0. The fourth-order valence-electron chi connectivity index (χ4n) is 1.61. The van der Waals surface area contributed by atoms with Gasteiger partial charge in [0.15, 0.2) is 5.82 Å². The summed E-state index contributed by atoms with van der Waals surface area (Å²) in [5, 5.41) is 12.9. The van der Waals surface area contributed by atoms with Crippen molar-refractivity contribution in [2.75, 3.05) is 5.33 Å². The number of tetrazole rings is 1. The Bertz CT molecular complexity index is 440. The van der Waals surface area contributed by atoms with E-state index < -0.39 is 0 Å². The Morgan fingerprint density at radius 2 is 2.06 bits per heavy atom. The smallest absolute Gasteiger partial charge is 0.167 e. The molecule has 16 heavy (non-hydrogen) atoms. The number of hydrogen-bond acceptors (Lipinski definition) is 3. The van der Waals surface area contributed by atoms with E-state index in [1.807, 2.05) is 6.07 Å². The molecule has 0 aliphatic rings. The van der Waals surface area contributed by atoms with Crippen LogP contribution in [0.3, 0.4) is 0 Å². The van der Waals surface area contributed by atoms with Crippen LogP contribution >= 0.6 is 15.9 Å². The molecule has 0 saturated heterocycles. The zero-order valence-electron chi connectivity index (χ0n) is 9.05. The van der Waals surface area contributed by atoms with Crippen LogP contribution in [-0.4, -0.2) is 25.5 Å². The normalized spacial score (nSPS) is 12.6. The summed E-state index contributed by atoms with van der Waals surface area (Å²) in [5.74, 6) is 1.18. The van der Waals surface area contributed by atoms with Crippen LogP contribution in [0.2, 0.25) is 0 Å². The number of halogens is 1. The van der Waals surface area contributed by atoms with Crippen molar-refractivity contribution in [2.45, 2.75) is 12.3 Å². The molecule has 1 unspecified atom stereocenters. The third-order valence-corrected chi connectivity index (χ3v) is 3.22. The molecule has 4 nitrogen and oxygen atoms in total. The van der Waals surface area contributed by atoms with Crippen molar-refractivity contribution < 1.29 is 0 Å². The molecule has 0 N–H and O–H groups in total. The Hall–Kier alpha value is -1.23. The standard InChI is InChI=1S/C11H13BrN4/c1-16-14-11(13-15-16)7-10(8-12)9-5-3-2-4-6-9/h2-6,10H,7-8H2,1H3. The number of aromatic nitrogens is 4. The van der Waals surface area contributed by atoms with Gasteiger partial charge in [0, 0.05) is 17.7 Å². The maximum atomic E-state index is 4.20. The first-order valence-electron chi connectivity index (χ1n) is 5.13. The van der Waals surface area contributed by atoms with Crippen molar-refractivity contribution in [1.29, 1.82) is 0 Å². The van der Waals surface area contributed by atoms with Gasteiger partial charge >= 0.3 is 0 Å². The molecule has 0 fully saturated rings. The maximum Gasteiger partial charge on any atom is 0.175 e. The van der Waals surface area contributed by atoms with E-state index in [9.17, 15) is 0 Å². The minimum Gasteiger partial charge on any atom is -0.167 e. The predicted molar refractivity (Wildman–Crippen MR) is 65.5 cm³/mol. The van der Waals surface area contributed by atoms with Crippen LogP contribution < -0.4 is 0 Å². The van der Waals surface area contributed by atoms with Gasteiger partial charge in [-0.15, -0.1) is 10.2 Å². The Morgan fingerprint density at radius 1 is 1.31 bits per heavy atom. The lowest BCUT2D eigenvalue weighted by molar-refractivity contribution is 0.625. The van der Waals surface area contributed by atoms with Gasteiger partial charge in [-0.25, -0.2) is 0 Å². The van der Waals surface area contributed by atoms with Crippen LogP contribution in [0.25, 0.3) is 0 Å². The van der Waals surface area contributed by atoms with Crippen LogP contribution in [0.5, 0.6) is 0 Å². The number of aryl methyl sites for hydroxylation is 1. The third-order valence-electron chi connectivity index (χ3n) is 2.44. The predicted octanol–water partition coefficient (Wildman–Crippen LogP) is 1.93. The first kappa shape index (κ1) is 11.3. The van der Waals surface area contributed by atoms with Gasteiger partial charge in [-0.2, -0.15) is 4.80 Å². The van der Waals surface area contributed by atoms with E-state index in [2.05, 4.69) is 55.6 Å². The molecular formula is C11H13BrN4. The lowest BCUT2D eigenvalue weighted by Gasteiger charge is -2.11. The van der Waals surface area contributed by atoms with Gasteiger partial charge < -0.3 is 0 Å². The second kappa shape index (κ2) is 5.21. The fraction of sp³-hybridized carbons (Fsp3) is 0.364. The van der Waals surface area contributed by atoms with Crippen molar-refractivity contribution in [1.82, 2.24) is 20.2 Å². The molecular weight excluding hydrogens is 268 g/mol. The summed E-state index contributed by atoms with van der Waals surface area (Å²) in [6.45, 7) is 0. The monoisotopic (exact) mass is 280 g/mol. The Labute approximate surface area is 103 Å². The number of nitrogens with zero attached hydrogens (tertiary/aromatic N) is 4. The van der Waals surface area contributed by atoms with Gasteiger partial charge in [-0.05, 0) is 10.8 Å². The van der Waals surface area contributed by atoms with Crippen molar-refractivity contribution in [2.24, 2.45) is 7.05 Å². The van der Waals surface area contributed by atoms with Gasteiger partial charge in [0.2, 0.25) is 0 Å². The van der Waals surface area contributed by atoms with Gasteiger partial charge in [0.1, 0.15) is 0 Å². The molecule has 0 aliphatic heterocycles. The molecule has 0 bridgehead atoms. The largest absolute Gasteiger partial charge is 0.175 e. The number of hydrogen-bond donors (Lipinski definition) is 0. The number of alkyl halides is 1. The topological polar surface area (TPSA) is 43.6 Å². The molecule has 0 saturated carbocycles. The molecule has 0 radical (unpaired) electrons. The summed E-state index contributed by atoms with van der Waals surface area (Å²) in [6, 6.07) is 10.4. The summed E-state index contributed by atoms with van der Waals surface area (Å²) in [6.07, 6.45) is 0.809. The van der Waals surface area contributed by atoms with Crippen molar-refractivity contribution in [3.05, 3.63) is 41.7 Å². The molecule has 0 spiro atoms. The molecule has 1 aromatic heterocycles. The molecule has 84 valence electrons. The molecule has 1 atom stereocenters. The van der Waals surface area contributed by atoms with Crippen molar-refractivity contribution in [3.63, 3.8) is 0 Å². The van der Waals surface area contributed by atoms with E-state index in [1.54, 1.807) is 7.05 Å². The maximum absolute atomic E-state index is 4.20. The number of rotatable bonds is 4. The first-order chi connectivity index (χ1) is 7.79. The van der Waals surface area contributed by atoms with Gasteiger partial charge in [-0.3, -0.25) is 0 Å².